The minimum absolute atomic E-state index is 0.0438. The molecule has 0 atom stereocenters. The van der Waals surface area contributed by atoms with Crippen LogP contribution in [0, 0.1) is 5.92 Å². The summed E-state index contributed by atoms with van der Waals surface area (Å²) in [5, 5.41) is 9.12. The van der Waals surface area contributed by atoms with Crippen LogP contribution in [0.1, 0.15) is 92.8 Å². The average molecular weight is 513 g/mol. The topological polar surface area (TPSA) is 63.6 Å². The van der Waals surface area contributed by atoms with Crippen molar-refractivity contribution in [1.29, 1.82) is 0 Å². The van der Waals surface area contributed by atoms with Crippen molar-refractivity contribution in [3.63, 3.8) is 0 Å². The average Bonchev–Trinajstić information content (AvgIpc) is 2.84. The Kier molecular flexibility index (Phi) is 8.66. The molecular formula is C34H40O4. The van der Waals surface area contributed by atoms with Crippen molar-refractivity contribution in [1.82, 2.24) is 0 Å². The van der Waals surface area contributed by atoms with Crippen molar-refractivity contribution in [3.05, 3.63) is 94.6 Å². The highest BCUT2D eigenvalue weighted by Gasteiger charge is 2.26. The highest BCUT2D eigenvalue weighted by atomic mass is 16.5. The van der Waals surface area contributed by atoms with E-state index in [2.05, 4.69) is 79.7 Å². The second-order valence-corrected chi connectivity index (χ2v) is 12.3. The Hall–Kier alpha value is -3.66. The third-order valence-electron chi connectivity index (χ3n) is 6.36. The molecule has 0 saturated carbocycles. The van der Waals surface area contributed by atoms with Gasteiger partial charge < -0.3 is 9.84 Å². The number of hydrogen-bond acceptors (Lipinski definition) is 3. The van der Waals surface area contributed by atoms with E-state index >= 15 is 0 Å². The van der Waals surface area contributed by atoms with Gasteiger partial charge in [0.2, 0.25) is 0 Å². The smallest absolute Gasteiger partial charge is 0.335 e. The molecule has 0 amide bonds. The van der Waals surface area contributed by atoms with Crippen LogP contribution in [0.5, 0.6) is 5.75 Å². The third-order valence-corrected chi connectivity index (χ3v) is 6.36. The van der Waals surface area contributed by atoms with Crippen LogP contribution in [-0.2, 0) is 10.8 Å². The number of ketones is 1. The molecule has 4 heteroatoms. The number of benzene rings is 3. The van der Waals surface area contributed by atoms with Gasteiger partial charge in [0.15, 0.2) is 5.78 Å². The maximum absolute atomic E-state index is 13.4. The standard InChI is InChI=1S/C34H40O4/c1-22(2)21-38-30-20-26(29(35)18-11-23-9-12-25(13-10-23)32(36)37)19-28(31(30)34(6,7)8)24-14-16-27(17-15-24)33(3,4)5/h9-20,22H,21H2,1-8H3,(H,36,37). The van der Waals surface area contributed by atoms with Crippen LogP contribution in [0.25, 0.3) is 17.2 Å². The summed E-state index contributed by atoms with van der Waals surface area (Å²) in [5.74, 6) is -0.0567. The molecule has 0 bridgehead atoms. The van der Waals surface area contributed by atoms with Gasteiger partial charge in [-0.3, -0.25) is 4.79 Å². The van der Waals surface area contributed by atoms with Gasteiger partial charge in [0.05, 0.1) is 12.2 Å². The fourth-order valence-electron chi connectivity index (χ4n) is 4.28. The normalized spacial score (nSPS) is 12.2. The number of carboxylic acid groups (broad SMARTS) is 1. The molecule has 0 fully saturated rings. The Morgan fingerprint density at radius 3 is 1.95 bits per heavy atom. The fraction of sp³-hybridized carbons (Fsp3) is 0.353. The molecule has 3 rings (SSSR count). The van der Waals surface area contributed by atoms with Crippen LogP contribution >= 0.6 is 0 Å². The van der Waals surface area contributed by atoms with Crippen LogP contribution in [0.2, 0.25) is 0 Å². The van der Waals surface area contributed by atoms with Crippen molar-refractivity contribution in [2.75, 3.05) is 6.61 Å². The van der Waals surface area contributed by atoms with E-state index in [1.807, 2.05) is 12.1 Å². The Balaban J connectivity index is 2.11. The lowest BCUT2D eigenvalue weighted by atomic mass is 9.79. The van der Waals surface area contributed by atoms with Gasteiger partial charge in [-0.15, -0.1) is 0 Å². The molecule has 3 aromatic rings. The first-order valence-electron chi connectivity index (χ1n) is 13.1. The Labute approximate surface area is 227 Å². The lowest BCUT2D eigenvalue weighted by molar-refractivity contribution is 0.0696. The molecule has 3 aromatic carbocycles. The summed E-state index contributed by atoms with van der Waals surface area (Å²) >= 11 is 0. The van der Waals surface area contributed by atoms with Crippen molar-refractivity contribution in [2.45, 2.75) is 66.2 Å². The van der Waals surface area contributed by atoms with Crippen molar-refractivity contribution in [3.8, 4) is 16.9 Å². The Morgan fingerprint density at radius 1 is 0.842 bits per heavy atom. The van der Waals surface area contributed by atoms with Crippen LogP contribution in [-0.4, -0.2) is 23.5 Å². The first kappa shape index (κ1) is 28.9. The van der Waals surface area contributed by atoms with Crippen molar-refractivity contribution >= 4 is 17.8 Å². The number of ether oxygens (including phenoxy) is 1. The van der Waals surface area contributed by atoms with E-state index in [4.69, 9.17) is 9.84 Å². The maximum atomic E-state index is 13.4. The summed E-state index contributed by atoms with van der Waals surface area (Å²) in [6.45, 7) is 17.9. The lowest BCUT2D eigenvalue weighted by Crippen LogP contribution is -2.18. The zero-order chi connectivity index (χ0) is 28.3. The molecule has 0 heterocycles. The van der Waals surface area contributed by atoms with E-state index in [1.165, 1.54) is 23.8 Å². The van der Waals surface area contributed by atoms with Gasteiger partial charge in [0, 0.05) is 11.1 Å². The minimum Gasteiger partial charge on any atom is -0.493 e. The molecule has 0 saturated heterocycles. The molecule has 0 aliphatic rings. The summed E-state index contributed by atoms with van der Waals surface area (Å²) in [4.78, 5) is 24.5. The van der Waals surface area contributed by atoms with E-state index in [1.54, 1.807) is 18.2 Å². The van der Waals surface area contributed by atoms with Gasteiger partial charge >= 0.3 is 5.97 Å². The minimum atomic E-state index is -0.979. The van der Waals surface area contributed by atoms with E-state index in [0.29, 0.717) is 18.1 Å². The van der Waals surface area contributed by atoms with Gasteiger partial charge in [-0.25, -0.2) is 4.79 Å². The molecule has 38 heavy (non-hydrogen) atoms. The molecule has 0 aromatic heterocycles. The number of allylic oxidation sites excluding steroid dienone is 1. The predicted octanol–water partition coefficient (Wildman–Crippen LogP) is 8.58. The van der Waals surface area contributed by atoms with Crippen molar-refractivity contribution < 1.29 is 19.4 Å². The number of aromatic carboxylic acids is 1. The van der Waals surface area contributed by atoms with E-state index in [9.17, 15) is 9.59 Å². The van der Waals surface area contributed by atoms with Crippen molar-refractivity contribution in [2.24, 2.45) is 5.92 Å². The Bertz CT molecular complexity index is 1310. The quantitative estimate of drug-likeness (QED) is 0.242. The molecule has 4 nitrogen and oxygen atoms in total. The molecule has 0 radical (unpaired) electrons. The SMILES string of the molecule is CC(C)COc1cc(C(=O)C=Cc2ccc(C(=O)O)cc2)cc(-c2ccc(C(C)(C)C)cc2)c1C(C)(C)C. The molecular weight excluding hydrogens is 472 g/mol. The molecule has 0 spiro atoms. The Morgan fingerprint density at radius 2 is 1.45 bits per heavy atom. The van der Waals surface area contributed by atoms with Crippen LogP contribution in [0.15, 0.2) is 66.7 Å². The van der Waals surface area contributed by atoms with Crippen LogP contribution in [0.4, 0.5) is 0 Å². The molecule has 1 N–H and O–H groups in total. The van der Waals surface area contributed by atoms with Crippen LogP contribution in [0.3, 0.4) is 0 Å². The van der Waals surface area contributed by atoms with Gasteiger partial charge in [-0.05, 0) is 69.3 Å². The highest BCUT2D eigenvalue weighted by Crippen LogP contribution is 2.41. The number of carbonyl (C=O) groups excluding carboxylic acids is 1. The zero-order valence-electron chi connectivity index (χ0n) is 23.9. The fourth-order valence-corrected chi connectivity index (χ4v) is 4.28. The van der Waals surface area contributed by atoms with E-state index < -0.39 is 5.97 Å². The zero-order valence-corrected chi connectivity index (χ0v) is 23.9. The second-order valence-electron chi connectivity index (χ2n) is 12.3. The summed E-state index contributed by atoms with van der Waals surface area (Å²) in [6, 6.07) is 18.8. The maximum Gasteiger partial charge on any atom is 0.335 e. The number of carbonyl (C=O) groups is 2. The number of hydrogen-bond donors (Lipinski definition) is 1. The van der Waals surface area contributed by atoms with Gasteiger partial charge in [0.25, 0.3) is 0 Å². The third kappa shape index (κ3) is 7.22. The second kappa shape index (κ2) is 11.4. The predicted molar refractivity (Wildman–Crippen MR) is 156 cm³/mol. The summed E-state index contributed by atoms with van der Waals surface area (Å²) < 4.78 is 6.32. The molecule has 0 aliphatic carbocycles. The first-order chi connectivity index (χ1) is 17.7. The van der Waals surface area contributed by atoms with Gasteiger partial charge in [-0.1, -0.05) is 97.9 Å². The number of rotatable bonds is 8. The molecule has 0 unspecified atom stereocenters. The monoisotopic (exact) mass is 512 g/mol. The van der Waals surface area contributed by atoms with E-state index in [0.717, 1.165) is 28.0 Å². The lowest BCUT2D eigenvalue weighted by Gasteiger charge is -2.28. The number of carboxylic acids is 1. The van der Waals surface area contributed by atoms with Gasteiger partial charge in [0.1, 0.15) is 5.75 Å². The summed E-state index contributed by atoms with van der Waals surface area (Å²) in [6.07, 6.45) is 3.23. The summed E-state index contributed by atoms with van der Waals surface area (Å²) in [7, 11) is 0. The summed E-state index contributed by atoms with van der Waals surface area (Å²) in [5.41, 5.74) is 5.69. The first-order valence-corrected chi connectivity index (χ1v) is 13.1. The highest BCUT2D eigenvalue weighted by molar-refractivity contribution is 6.08. The molecule has 0 aliphatic heterocycles. The van der Waals surface area contributed by atoms with E-state index in [-0.39, 0.29) is 22.2 Å². The van der Waals surface area contributed by atoms with Crippen LogP contribution < -0.4 is 4.74 Å². The molecule has 200 valence electrons. The largest absolute Gasteiger partial charge is 0.493 e. The van der Waals surface area contributed by atoms with Gasteiger partial charge in [-0.2, -0.15) is 0 Å².